The maximum atomic E-state index is 11.2. The lowest BCUT2D eigenvalue weighted by atomic mass is 9.93. The molecule has 0 amide bonds. The molecule has 0 saturated carbocycles. The molecule has 0 unspecified atom stereocenters. The minimum Gasteiger partial charge on any atom is -0.496 e. The molecule has 1 heterocycles. The molecule has 2 rings (SSSR count). The van der Waals surface area contributed by atoms with Crippen molar-refractivity contribution < 1.29 is 14.6 Å². The van der Waals surface area contributed by atoms with Crippen LogP contribution in [0.1, 0.15) is 19.7 Å². The van der Waals surface area contributed by atoms with Crippen LogP contribution < -0.4 is 4.74 Å². The highest BCUT2D eigenvalue weighted by molar-refractivity contribution is 5.79. The van der Waals surface area contributed by atoms with Crippen molar-refractivity contribution >= 4 is 5.97 Å². The van der Waals surface area contributed by atoms with E-state index in [4.69, 9.17) is 4.74 Å². The Hall–Kier alpha value is -2.30. The van der Waals surface area contributed by atoms with Crippen molar-refractivity contribution in [1.82, 2.24) is 9.97 Å². The Morgan fingerprint density at radius 2 is 2.05 bits per heavy atom. The van der Waals surface area contributed by atoms with E-state index < -0.39 is 11.4 Å². The van der Waals surface area contributed by atoms with E-state index in [2.05, 4.69) is 9.97 Å². The molecule has 0 bridgehead atoms. The Morgan fingerprint density at radius 3 is 2.68 bits per heavy atom. The van der Waals surface area contributed by atoms with Gasteiger partial charge in [-0.1, -0.05) is 12.1 Å². The van der Waals surface area contributed by atoms with Gasteiger partial charge in [-0.25, -0.2) is 4.98 Å². The number of imidazole rings is 1. The number of para-hydroxylation sites is 1. The fourth-order valence-corrected chi connectivity index (χ4v) is 1.74. The third-order valence-electron chi connectivity index (χ3n) is 3.10. The largest absolute Gasteiger partial charge is 0.496 e. The molecule has 0 atom stereocenters. The first-order chi connectivity index (χ1) is 8.96. The van der Waals surface area contributed by atoms with Gasteiger partial charge < -0.3 is 14.8 Å². The van der Waals surface area contributed by atoms with Crippen molar-refractivity contribution in [2.24, 2.45) is 0 Å². The van der Waals surface area contributed by atoms with Crippen LogP contribution in [-0.2, 0) is 10.2 Å². The van der Waals surface area contributed by atoms with Gasteiger partial charge in [-0.2, -0.15) is 0 Å². The fraction of sp³-hybridized carbons (Fsp3) is 0.286. The molecule has 5 heteroatoms. The molecule has 0 radical (unpaired) electrons. The number of hydrogen-bond acceptors (Lipinski definition) is 3. The molecule has 1 aromatic heterocycles. The second-order valence-corrected chi connectivity index (χ2v) is 4.78. The maximum absolute atomic E-state index is 11.2. The molecule has 0 saturated heterocycles. The van der Waals surface area contributed by atoms with E-state index in [-0.39, 0.29) is 0 Å². The second kappa shape index (κ2) is 4.76. The molecular formula is C14H16N2O3. The molecule has 1 aromatic carbocycles. The first kappa shape index (κ1) is 13.1. The third-order valence-corrected chi connectivity index (χ3v) is 3.10. The summed E-state index contributed by atoms with van der Waals surface area (Å²) in [5, 5.41) is 9.19. The van der Waals surface area contributed by atoms with Gasteiger partial charge >= 0.3 is 5.97 Å². The van der Waals surface area contributed by atoms with Crippen LogP contribution in [0.25, 0.3) is 11.3 Å². The SMILES string of the molecule is COc1ccccc1-c1cnc(C(C)(C)C(=O)O)[nH]1. The standard InChI is InChI=1S/C14H16N2O3/c1-14(2,13(17)18)12-15-8-10(16-12)9-6-4-5-7-11(9)19-3/h4-8H,1-3H3,(H,15,16)(H,17,18). The maximum Gasteiger partial charge on any atom is 0.316 e. The van der Waals surface area contributed by atoms with Gasteiger partial charge in [0.2, 0.25) is 0 Å². The molecule has 5 nitrogen and oxygen atoms in total. The Morgan fingerprint density at radius 1 is 1.37 bits per heavy atom. The zero-order chi connectivity index (χ0) is 14.0. The number of carbonyl (C=O) groups is 1. The van der Waals surface area contributed by atoms with Crippen molar-refractivity contribution in [2.45, 2.75) is 19.3 Å². The van der Waals surface area contributed by atoms with Gasteiger partial charge in [-0.05, 0) is 26.0 Å². The molecular weight excluding hydrogens is 244 g/mol. The van der Waals surface area contributed by atoms with E-state index in [0.29, 0.717) is 11.6 Å². The number of rotatable bonds is 4. The molecule has 19 heavy (non-hydrogen) atoms. The average molecular weight is 260 g/mol. The number of nitrogens with one attached hydrogen (secondary N) is 1. The summed E-state index contributed by atoms with van der Waals surface area (Å²) >= 11 is 0. The van der Waals surface area contributed by atoms with E-state index in [1.54, 1.807) is 27.2 Å². The van der Waals surface area contributed by atoms with E-state index >= 15 is 0 Å². The number of benzene rings is 1. The molecule has 0 aliphatic heterocycles. The smallest absolute Gasteiger partial charge is 0.316 e. The predicted molar refractivity (Wildman–Crippen MR) is 71.2 cm³/mol. The zero-order valence-electron chi connectivity index (χ0n) is 11.1. The average Bonchev–Trinajstić information content (AvgIpc) is 2.88. The first-order valence-electron chi connectivity index (χ1n) is 5.89. The lowest BCUT2D eigenvalue weighted by Crippen LogP contribution is -2.29. The molecule has 0 aliphatic rings. The number of hydrogen-bond donors (Lipinski definition) is 2. The fourth-order valence-electron chi connectivity index (χ4n) is 1.74. The predicted octanol–water partition coefficient (Wildman–Crippen LogP) is 2.45. The number of H-pyrrole nitrogens is 1. The third kappa shape index (κ3) is 2.31. The number of carboxylic acids is 1. The Labute approximate surface area is 111 Å². The molecule has 100 valence electrons. The van der Waals surface area contributed by atoms with E-state index in [0.717, 1.165) is 11.3 Å². The van der Waals surface area contributed by atoms with Gasteiger partial charge in [-0.15, -0.1) is 0 Å². The van der Waals surface area contributed by atoms with Crippen LogP contribution in [0.3, 0.4) is 0 Å². The normalized spacial score (nSPS) is 11.3. The van der Waals surface area contributed by atoms with Crippen molar-refractivity contribution in [3.63, 3.8) is 0 Å². The number of aromatic amines is 1. The van der Waals surface area contributed by atoms with Crippen molar-refractivity contribution in [1.29, 1.82) is 0 Å². The summed E-state index contributed by atoms with van der Waals surface area (Å²) in [6.45, 7) is 3.22. The van der Waals surface area contributed by atoms with Crippen molar-refractivity contribution in [3.8, 4) is 17.0 Å². The second-order valence-electron chi connectivity index (χ2n) is 4.78. The van der Waals surface area contributed by atoms with E-state index in [9.17, 15) is 9.90 Å². The minimum atomic E-state index is -1.06. The topological polar surface area (TPSA) is 75.2 Å². The summed E-state index contributed by atoms with van der Waals surface area (Å²) in [5.74, 6) is 0.208. The summed E-state index contributed by atoms with van der Waals surface area (Å²) in [7, 11) is 1.59. The Bertz CT molecular complexity index is 602. The summed E-state index contributed by atoms with van der Waals surface area (Å²) in [4.78, 5) is 18.4. The van der Waals surface area contributed by atoms with Gasteiger partial charge in [-0.3, -0.25) is 4.79 Å². The first-order valence-corrected chi connectivity index (χ1v) is 5.89. The summed E-state index contributed by atoms with van der Waals surface area (Å²) < 4.78 is 5.28. The summed E-state index contributed by atoms with van der Waals surface area (Å²) in [6, 6.07) is 7.50. The van der Waals surface area contributed by atoms with E-state index in [1.807, 2.05) is 24.3 Å². The molecule has 2 aromatic rings. The number of ether oxygens (including phenoxy) is 1. The number of carboxylic acid groups (broad SMARTS) is 1. The number of aliphatic carboxylic acids is 1. The highest BCUT2D eigenvalue weighted by atomic mass is 16.5. The minimum absolute atomic E-state index is 0.418. The zero-order valence-corrected chi connectivity index (χ0v) is 11.1. The lowest BCUT2D eigenvalue weighted by Gasteiger charge is -2.15. The van der Waals surface area contributed by atoms with Crippen LogP contribution in [0.4, 0.5) is 0 Å². The quantitative estimate of drug-likeness (QED) is 0.885. The monoisotopic (exact) mass is 260 g/mol. The van der Waals surface area contributed by atoms with Crippen LogP contribution in [0, 0.1) is 0 Å². The summed E-state index contributed by atoms with van der Waals surface area (Å²) in [5.41, 5.74) is 0.534. The summed E-state index contributed by atoms with van der Waals surface area (Å²) in [6.07, 6.45) is 1.62. The lowest BCUT2D eigenvalue weighted by molar-refractivity contribution is -0.142. The molecule has 0 aliphatic carbocycles. The Kier molecular flexibility index (Phi) is 3.29. The highest BCUT2D eigenvalue weighted by Crippen LogP contribution is 2.30. The van der Waals surface area contributed by atoms with Crippen LogP contribution >= 0.6 is 0 Å². The van der Waals surface area contributed by atoms with Crippen molar-refractivity contribution in [2.75, 3.05) is 7.11 Å². The molecule has 2 N–H and O–H groups in total. The Balaban J connectivity index is 2.44. The van der Waals surface area contributed by atoms with Gasteiger partial charge in [0.15, 0.2) is 0 Å². The van der Waals surface area contributed by atoms with Gasteiger partial charge in [0.05, 0.1) is 19.0 Å². The van der Waals surface area contributed by atoms with Crippen molar-refractivity contribution in [3.05, 3.63) is 36.3 Å². The van der Waals surface area contributed by atoms with E-state index in [1.165, 1.54) is 0 Å². The van der Waals surface area contributed by atoms with Crippen LogP contribution in [0.2, 0.25) is 0 Å². The van der Waals surface area contributed by atoms with Gasteiger partial charge in [0, 0.05) is 5.56 Å². The van der Waals surface area contributed by atoms with Gasteiger partial charge in [0.25, 0.3) is 0 Å². The number of nitrogens with zero attached hydrogens (tertiary/aromatic N) is 1. The van der Waals surface area contributed by atoms with Crippen LogP contribution in [0.15, 0.2) is 30.5 Å². The van der Waals surface area contributed by atoms with Crippen LogP contribution in [-0.4, -0.2) is 28.2 Å². The molecule has 0 spiro atoms. The number of methoxy groups -OCH3 is 1. The highest BCUT2D eigenvalue weighted by Gasteiger charge is 2.32. The van der Waals surface area contributed by atoms with Crippen LogP contribution in [0.5, 0.6) is 5.75 Å². The molecule has 0 fully saturated rings. The number of aromatic nitrogens is 2. The van der Waals surface area contributed by atoms with Gasteiger partial charge in [0.1, 0.15) is 17.0 Å².